The summed E-state index contributed by atoms with van der Waals surface area (Å²) < 4.78 is 0. The van der Waals surface area contributed by atoms with Crippen molar-refractivity contribution in [1.29, 1.82) is 0 Å². The zero-order valence-corrected chi connectivity index (χ0v) is 19.4. The molecule has 4 atom stereocenters. The third-order valence-electron chi connectivity index (χ3n) is 6.79. The van der Waals surface area contributed by atoms with Gasteiger partial charge in [0.15, 0.2) is 0 Å². The number of phenols is 2. The molecular formula is C26H39NO3. The summed E-state index contributed by atoms with van der Waals surface area (Å²) >= 11 is 0. The molecule has 0 bridgehead atoms. The molecule has 1 aromatic heterocycles. The summed E-state index contributed by atoms with van der Waals surface area (Å²) in [7, 11) is 0. The van der Waals surface area contributed by atoms with Crippen molar-refractivity contribution in [2.24, 2.45) is 11.8 Å². The lowest BCUT2D eigenvalue weighted by Gasteiger charge is -2.35. The molecule has 0 aliphatic carbocycles. The largest absolute Gasteiger partial charge is 0.507 e. The zero-order chi connectivity index (χ0) is 22.5. The first-order valence-corrected chi connectivity index (χ1v) is 11.3. The molecule has 0 radical (unpaired) electrons. The molecule has 30 heavy (non-hydrogen) atoms. The van der Waals surface area contributed by atoms with Gasteiger partial charge in [-0.15, -0.1) is 0 Å². The van der Waals surface area contributed by atoms with E-state index in [4.69, 9.17) is 0 Å². The highest BCUT2D eigenvalue weighted by Crippen LogP contribution is 2.46. The Balaban J connectivity index is 2.44. The first-order chi connectivity index (χ1) is 14.1. The minimum Gasteiger partial charge on any atom is -0.507 e. The van der Waals surface area contributed by atoms with Crippen LogP contribution in [-0.2, 0) is 0 Å². The summed E-state index contributed by atoms with van der Waals surface area (Å²) in [5.74, 6) is 0.254. The van der Waals surface area contributed by atoms with Crippen LogP contribution in [0.25, 0.3) is 0 Å². The normalized spacial score (nSPS) is 16.1. The number of rotatable bonds is 10. The van der Waals surface area contributed by atoms with Crippen LogP contribution in [-0.4, -0.2) is 25.9 Å². The number of unbranched alkanes of at least 4 members (excludes halogenated alkanes) is 2. The maximum atomic E-state index is 11.0. The molecule has 0 spiro atoms. The second-order valence-electron chi connectivity index (χ2n) is 9.44. The topological polar surface area (TPSA) is 73.6 Å². The monoisotopic (exact) mass is 413 g/mol. The number of aliphatic hydroxyl groups is 1. The van der Waals surface area contributed by atoms with Gasteiger partial charge in [0.2, 0.25) is 0 Å². The summed E-state index contributed by atoms with van der Waals surface area (Å²) in [4.78, 5) is 4.09. The van der Waals surface area contributed by atoms with E-state index in [0.717, 1.165) is 17.5 Å². The van der Waals surface area contributed by atoms with Crippen molar-refractivity contribution in [1.82, 2.24) is 4.98 Å². The number of hydrogen-bond donors (Lipinski definition) is 3. The predicted molar refractivity (Wildman–Crippen MR) is 123 cm³/mol. The molecular weight excluding hydrogens is 374 g/mol. The quantitative estimate of drug-likeness (QED) is 0.397. The Hall–Kier alpha value is -2.07. The maximum Gasteiger partial charge on any atom is 0.123 e. The van der Waals surface area contributed by atoms with Crippen LogP contribution >= 0.6 is 0 Å². The molecule has 0 aliphatic heterocycles. The average Bonchev–Trinajstić information content (AvgIpc) is 2.69. The van der Waals surface area contributed by atoms with Crippen LogP contribution < -0.4 is 0 Å². The second-order valence-corrected chi connectivity index (χ2v) is 9.44. The van der Waals surface area contributed by atoms with Crippen molar-refractivity contribution in [3.8, 4) is 11.5 Å². The minimum absolute atomic E-state index is 0.0792. The van der Waals surface area contributed by atoms with Gasteiger partial charge in [-0.2, -0.15) is 0 Å². The van der Waals surface area contributed by atoms with Crippen molar-refractivity contribution in [3.63, 3.8) is 0 Å². The van der Waals surface area contributed by atoms with E-state index in [9.17, 15) is 15.3 Å². The van der Waals surface area contributed by atoms with E-state index in [2.05, 4.69) is 25.8 Å². The average molecular weight is 414 g/mol. The fourth-order valence-electron chi connectivity index (χ4n) is 4.20. The third kappa shape index (κ3) is 5.75. The number of hydrogen-bond acceptors (Lipinski definition) is 4. The third-order valence-corrected chi connectivity index (χ3v) is 6.79. The predicted octanol–water partition coefficient (Wildman–Crippen LogP) is 6.35. The van der Waals surface area contributed by atoms with Crippen molar-refractivity contribution < 1.29 is 15.3 Å². The number of nitrogens with zero attached hydrogens (tertiary/aromatic N) is 1. The molecule has 2 rings (SSSR count). The van der Waals surface area contributed by atoms with Gasteiger partial charge in [0.1, 0.15) is 11.5 Å². The molecule has 1 aromatic carbocycles. The van der Waals surface area contributed by atoms with Gasteiger partial charge in [-0.25, -0.2) is 0 Å². The van der Waals surface area contributed by atoms with E-state index in [-0.39, 0.29) is 29.3 Å². The molecule has 4 nitrogen and oxygen atoms in total. The Labute approximate surface area is 182 Å². The van der Waals surface area contributed by atoms with E-state index in [1.165, 1.54) is 19.3 Å². The molecule has 2 unspecified atom stereocenters. The van der Waals surface area contributed by atoms with Gasteiger partial charge in [0.05, 0.1) is 5.60 Å². The Morgan fingerprint density at radius 3 is 2.00 bits per heavy atom. The van der Waals surface area contributed by atoms with Crippen LogP contribution in [0.5, 0.6) is 11.5 Å². The lowest BCUT2D eigenvalue weighted by atomic mass is 9.73. The standard InChI is InChI=1S/C26H39NO3/c1-7-8-9-10-17(2)18(3)21-15-22(28)25(23(29)16-21)24(19(4)26(5,6)30)20-11-13-27-14-12-20/h11-19,24,28-30H,7-10H2,1-6H3/t17?,18?,19-,24+/m1/s1. The number of aromatic hydroxyl groups is 2. The molecule has 0 saturated carbocycles. The van der Waals surface area contributed by atoms with Crippen LogP contribution in [0.15, 0.2) is 36.7 Å². The molecule has 166 valence electrons. The van der Waals surface area contributed by atoms with Gasteiger partial charge < -0.3 is 15.3 Å². The highest BCUT2D eigenvalue weighted by atomic mass is 16.3. The van der Waals surface area contributed by atoms with Gasteiger partial charge in [-0.1, -0.05) is 53.4 Å². The summed E-state index contributed by atoms with van der Waals surface area (Å²) in [6, 6.07) is 7.33. The van der Waals surface area contributed by atoms with Gasteiger partial charge in [0, 0.05) is 23.9 Å². The van der Waals surface area contributed by atoms with Crippen LogP contribution in [0.3, 0.4) is 0 Å². The van der Waals surface area contributed by atoms with E-state index >= 15 is 0 Å². The first-order valence-electron chi connectivity index (χ1n) is 11.3. The highest BCUT2D eigenvalue weighted by molar-refractivity contribution is 5.53. The van der Waals surface area contributed by atoms with Gasteiger partial charge in [-0.05, 0) is 67.0 Å². The molecule has 0 fully saturated rings. The Morgan fingerprint density at radius 1 is 0.933 bits per heavy atom. The lowest BCUT2D eigenvalue weighted by Crippen LogP contribution is -2.33. The molecule has 3 N–H and O–H groups in total. The number of aromatic nitrogens is 1. The molecule has 2 aromatic rings. The Morgan fingerprint density at radius 2 is 1.50 bits per heavy atom. The summed E-state index contributed by atoms with van der Waals surface area (Å²) in [5.41, 5.74) is 1.32. The molecule has 4 heteroatoms. The number of phenolic OH excluding ortho intramolecular Hbond substituents is 2. The number of pyridine rings is 1. The summed E-state index contributed by atoms with van der Waals surface area (Å²) in [5, 5.41) is 32.7. The van der Waals surface area contributed by atoms with Crippen molar-refractivity contribution in [3.05, 3.63) is 53.3 Å². The van der Waals surface area contributed by atoms with Crippen molar-refractivity contribution in [2.75, 3.05) is 0 Å². The fourth-order valence-corrected chi connectivity index (χ4v) is 4.20. The Bertz CT molecular complexity index is 775. The van der Waals surface area contributed by atoms with Gasteiger partial charge in [-0.3, -0.25) is 4.98 Å². The van der Waals surface area contributed by atoms with Gasteiger partial charge >= 0.3 is 0 Å². The van der Waals surface area contributed by atoms with E-state index in [1.54, 1.807) is 38.4 Å². The zero-order valence-electron chi connectivity index (χ0n) is 19.4. The molecule has 1 heterocycles. The Kier molecular flexibility index (Phi) is 8.31. The summed E-state index contributed by atoms with van der Waals surface area (Å²) in [6.07, 6.45) is 8.16. The SMILES string of the molecule is CCCCCC(C)C(C)c1cc(O)c([C@H](c2ccncc2)[C@@H](C)C(C)(C)O)c(O)c1. The van der Waals surface area contributed by atoms with Crippen LogP contribution in [0.1, 0.15) is 95.8 Å². The van der Waals surface area contributed by atoms with Crippen LogP contribution in [0.2, 0.25) is 0 Å². The molecule has 0 aliphatic rings. The molecule has 0 saturated heterocycles. The van der Waals surface area contributed by atoms with Crippen molar-refractivity contribution >= 4 is 0 Å². The second kappa shape index (κ2) is 10.3. The smallest absolute Gasteiger partial charge is 0.123 e. The van der Waals surface area contributed by atoms with Crippen LogP contribution in [0, 0.1) is 11.8 Å². The summed E-state index contributed by atoms with van der Waals surface area (Å²) in [6.45, 7) is 12.1. The van der Waals surface area contributed by atoms with E-state index in [0.29, 0.717) is 11.5 Å². The minimum atomic E-state index is -0.993. The van der Waals surface area contributed by atoms with Gasteiger partial charge in [0.25, 0.3) is 0 Å². The number of benzene rings is 1. The first kappa shape index (κ1) is 24.2. The lowest BCUT2D eigenvalue weighted by molar-refractivity contribution is 0.0176. The van der Waals surface area contributed by atoms with E-state index in [1.807, 2.05) is 19.1 Å². The van der Waals surface area contributed by atoms with E-state index < -0.39 is 5.60 Å². The van der Waals surface area contributed by atoms with Crippen molar-refractivity contribution in [2.45, 2.75) is 84.7 Å². The van der Waals surface area contributed by atoms with Crippen LogP contribution in [0.4, 0.5) is 0 Å². The highest BCUT2D eigenvalue weighted by Gasteiger charge is 2.35. The maximum absolute atomic E-state index is 11.0. The fraction of sp³-hybridized carbons (Fsp3) is 0.577. The molecule has 0 amide bonds.